The summed E-state index contributed by atoms with van der Waals surface area (Å²) in [7, 11) is -15.4. The number of hydrogen-bond acceptors (Lipinski definition) is 17. The fourth-order valence-corrected chi connectivity index (χ4v) is 11.3. The van der Waals surface area contributed by atoms with Gasteiger partial charge in [0.25, 0.3) is 32.6 Å². The summed E-state index contributed by atoms with van der Waals surface area (Å²) in [4.78, 5) is 60.1. The molecule has 1 amide bonds. The van der Waals surface area contributed by atoms with Gasteiger partial charge >= 0.3 is 19.8 Å². The Labute approximate surface area is 481 Å². The van der Waals surface area contributed by atoms with Crippen LogP contribution in [0.25, 0.3) is 33.4 Å². The first-order valence-corrected chi connectivity index (χ1v) is 32.7. The zero-order valence-electron chi connectivity index (χ0n) is 47.1. The van der Waals surface area contributed by atoms with Gasteiger partial charge in [-0.15, -0.1) is 0 Å². The van der Waals surface area contributed by atoms with Crippen molar-refractivity contribution in [2.24, 2.45) is 0 Å². The van der Waals surface area contributed by atoms with Gasteiger partial charge in [-0.1, -0.05) is 127 Å². The number of nitrogens with two attached hydrogens (primary N) is 1. The van der Waals surface area contributed by atoms with Gasteiger partial charge in [0, 0.05) is 41.5 Å². The number of amides is 1. The van der Waals surface area contributed by atoms with Gasteiger partial charge in [-0.3, -0.25) is 42.7 Å². The third-order valence-corrected chi connectivity index (χ3v) is 16.1. The molecule has 0 aromatic heterocycles. The summed E-state index contributed by atoms with van der Waals surface area (Å²) in [5, 5.41) is 9.75. The SMILES string of the molecule is CCCCCCC=CCCCCCCCC(=O)OC[C@H](COP(=O)(O)OCCNC(=O)c1cccc(-c2c3ccc(=N)c(S(=O)(=O)O)c-3oc3c(S(=O)(=O)O)c(N)ccc23)c1OC=O)OC(=O)CCCCCCCC=CCCCCCC. The molecule has 82 heavy (non-hydrogen) atoms. The number of phosphoric ester groups is 1. The summed E-state index contributed by atoms with van der Waals surface area (Å²) in [6.07, 6.45) is 30.8. The van der Waals surface area contributed by atoms with E-state index in [1.165, 1.54) is 81.7 Å². The number of fused-ring (bicyclic) bond motifs is 2. The quantitative estimate of drug-likeness (QED) is 0.00351. The van der Waals surface area contributed by atoms with Gasteiger partial charge in [0.1, 0.15) is 6.61 Å². The number of phosphoric acid groups is 1. The first-order chi connectivity index (χ1) is 39.2. The number of nitrogens with one attached hydrogen (secondary N) is 2. The highest BCUT2D eigenvalue weighted by Crippen LogP contribution is 2.48. The van der Waals surface area contributed by atoms with E-state index in [4.69, 9.17) is 38.8 Å². The lowest BCUT2D eigenvalue weighted by molar-refractivity contribution is -0.161. The molecule has 0 fully saturated rings. The van der Waals surface area contributed by atoms with E-state index in [2.05, 4.69) is 43.5 Å². The van der Waals surface area contributed by atoms with Gasteiger partial charge in [0.15, 0.2) is 33.0 Å². The van der Waals surface area contributed by atoms with Crippen LogP contribution in [0.3, 0.4) is 0 Å². The Morgan fingerprint density at radius 2 is 1.24 bits per heavy atom. The van der Waals surface area contributed by atoms with Gasteiger partial charge < -0.3 is 34.6 Å². The zero-order chi connectivity index (χ0) is 60.0. The Hall–Kier alpha value is -5.78. The van der Waals surface area contributed by atoms with Crippen molar-refractivity contribution in [3.05, 3.63) is 77.7 Å². The number of anilines is 1. The number of carbonyl (C=O) groups excluding carboxylic acids is 4. The third-order valence-electron chi connectivity index (χ3n) is 13.3. The number of para-hydroxylation sites is 1. The summed E-state index contributed by atoms with van der Waals surface area (Å²) < 4.78 is 116. The number of benzene rings is 3. The van der Waals surface area contributed by atoms with Crippen LogP contribution in [0.4, 0.5) is 5.69 Å². The van der Waals surface area contributed by atoms with E-state index in [1.54, 1.807) is 0 Å². The summed E-state index contributed by atoms with van der Waals surface area (Å²) in [6.45, 7) is 2.11. The second-order valence-electron chi connectivity index (χ2n) is 19.9. The predicted octanol–water partition coefficient (Wildman–Crippen LogP) is 12.1. The van der Waals surface area contributed by atoms with Gasteiger partial charge in [0.05, 0.1) is 29.8 Å². The molecule has 0 radical (unpaired) electrons. The topological polar surface area (TPSA) is 336 Å². The second kappa shape index (κ2) is 36.0. The number of esters is 2. The molecule has 2 aromatic rings. The first kappa shape index (κ1) is 68.7. The lowest BCUT2D eigenvalue weighted by Crippen LogP contribution is -2.30. The molecule has 4 rings (SSSR count). The van der Waals surface area contributed by atoms with Crippen molar-refractivity contribution >= 4 is 69.0 Å². The molecule has 0 spiro atoms. The number of ether oxygens (including phenoxy) is 3. The maximum absolute atomic E-state index is 13.8. The van der Waals surface area contributed by atoms with E-state index in [9.17, 15) is 54.6 Å². The van der Waals surface area contributed by atoms with Crippen LogP contribution in [0.15, 0.2) is 81.0 Å². The highest BCUT2D eigenvalue weighted by molar-refractivity contribution is 7.86. The fraction of sp³-hybridized carbons (Fsp3) is 0.534. The normalized spacial score (nSPS) is 13.2. The Balaban J connectivity index is 1.39. The van der Waals surface area contributed by atoms with E-state index >= 15 is 0 Å². The number of rotatable bonds is 42. The Bertz CT molecular complexity index is 3070. The van der Waals surface area contributed by atoms with Crippen molar-refractivity contribution < 1.29 is 82.3 Å². The zero-order valence-corrected chi connectivity index (χ0v) is 49.6. The number of hydrogen-bond donors (Lipinski definition) is 6. The van der Waals surface area contributed by atoms with Crippen molar-refractivity contribution in [1.29, 1.82) is 5.41 Å². The van der Waals surface area contributed by atoms with Crippen molar-refractivity contribution in [3.8, 4) is 28.2 Å². The molecule has 1 heterocycles. The minimum Gasteiger partial charge on any atom is -0.462 e. The molecule has 454 valence electrons. The largest absolute Gasteiger partial charge is 0.472 e. The molecule has 0 saturated heterocycles. The van der Waals surface area contributed by atoms with E-state index in [1.807, 2.05) is 0 Å². The minimum absolute atomic E-state index is 0.0363. The molecule has 1 aliphatic carbocycles. The molecule has 2 aromatic carbocycles. The number of carbonyl (C=O) groups is 4. The van der Waals surface area contributed by atoms with Crippen molar-refractivity contribution in [3.63, 3.8) is 0 Å². The lowest BCUT2D eigenvalue weighted by Gasteiger charge is -2.21. The van der Waals surface area contributed by atoms with Crippen LogP contribution in [0.1, 0.15) is 178 Å². The fourth-order valence-electron chi connectivity index (χ4n) is 9.11. The van der Waals surface area contributed by atoms with Gasteiger partial charge in [-0.2, -0.15) is 16.8 Å². The van der Waals surface area contributed by atoms with Crippen molar-refractivity contribution in [1.82, 2.24) is 5.32 Å². The number of allylic oxidation sites excluding steroid dienone is 4. The molecule has 0 saturated carbocycles. The highest BCUT2D eigenvalue weighted by Gasteiger charge is 2.33. The number of nitrogen functional groups attached to an aromatic ring is 1. The van der Waals surface area contributed by atoms with Crippen LogP contribution in [0.5, 0.6) is 5.75 Å². The van der Waals surface area contributed by atoms with E-state index in [0.29, 0.717) is 12.8 Å². The van der Waals surface area contributed by atoms with Gasteiger partial charge in [-0.25, -0.2) is 4.57 Å². The molecule has 1 unspecified atom stereocenters. The number of unbranched alkanes of at least 4 members (excludes halogenated alkanes) is 18. The molecule has 7 N–H and O–H groups in total. The molecule has 2 aliphatic rings. The standard InChI is InChI=1S/C58H82N3O18PS2/c1-3-5-7-9-11-13-15-17-19-21-23-25-27-32-50(63)74-40-43(78-51(64)33-28-26-24-22-20-18-16-14-12-10-8-6-4-2)41-77-80(66,67)76-39-38-61-58(65)47-31-29-30-44(53(47)75-42-62)52-45-34-36-48(59)56(81(68,69)70)54(45)79-55-46(52)35-37-49(60)57(55)82(71,72)73/h13-16,29-31,34-37,42-43,59H,3-12,17-28,32-33,38-41,60H2,1-2H3,(H,61,65)(H,66,67)(H,68,69,70)(H,71,72,73)/t43-/m1/s1. The van der Waals surface area contributed by atoms with Crippen LogP contribution in [0.2, 0.25) is 0 Å². The Morgan fingerprint density at radius 1 is 0.695 bits per heavy atom. The van der Waals surface area contributed by atoms with Crippen LogP contribution < -0.4 is 21.1 Å². The minimum atomic E-state index is -5.27. The summed E-state index contributed by atoms with van der Waals surface area (Å²) in [5.74, 6) is -3.34. The average molecular weight is 1200 g/mol. The first-order valence-electron chi connectivity index (χ1n) is 28.3. The van der Waals surface area contributed by atoms with Crippen molar-refractivity contribution in [2.45, 2.75) is 184 Å². The Kier molecular flexibility index (Phi) is 30.2. The molecule has 24 heteroatoms. The van der Waals surface area contributed by atoms with E-state index < -0.39 is 116 Å². The van der Waals surface area contributed by atoms with Crippen LogP contribution in [0, 0.1) is 5.41 Å². The summed E-state index contributed by atoms with van der Waals surface area (Å²) in [5.41, 5.74) is 3.78. The molecule has 1 aliphatic heterocycles. The highest BCUT2D eigenvalue weighted by atomic mass is 32.2. The molecule has 0 bridgehead atoms. The third kappa shape index (κ3) is 23.5. The van der Waals surface area contributed by atoms with Crippen molar-refractivity contribution in [2.75, 3.05) is 32.1 Å². The van der Waals surface area contributed by atoms with Crippen LogP contribution >= 0.6 is 7.82 Å². The van der Waals surface area contributed by atoms with Gasteiger partial charge in [-0.05, 0) is 94.5 Å². The second-order valence-corrected chi connectivity index (χ2v) is 24.1. The molecular weight excluding hydrogens is 1120 g/mol. The smallest absolute Gasteiger partial charge is 0.462 e. The van der Waals surface area contributed by atoms with Gasteiger partial charge in [0.2, 0.25) is 0 Å². The average Bonchev–Trinajstić information content (AvgIpc) is 1.10. The molecule has 21 nitrogen and oxygen atoms in total. The summed E-state index contributed by atoms with van der Waals surface area (Å²) in [6, 6.07) is 8.33. The lowest BCUT2D eigenvalue weighted by atomic mass is 9.91. The predicted molar refractivity (Wildman–Crippen MR) is 310 cm³/mol. The molecule has 2 atom stereocenters. The summed E-state index contributed by atoms with van der Waals surface area (Å²) >= 11 is 0. The van der Waals surface area contributed by atoms with Crippen LogP contribution in [-0.2, 0) is 57.7 Å². The van der Waals surface area contributed by atoms with E-state index in [0.717, 1.165) is 89.2 Å². The molecular formula is C58H82N3O18PS2. The van der Waals surface area contributed by atoms with Crippen LogP contribution in [-0.4, -0.2) is 87.6 Å². The maximum atomic E-state index is 13.8. The maximum Gasteiger partial charge on any atom is 0.472 e. The van der Waals surface area contributed by atoms with E-state index in [-0.39, 0.29) is 47.0 Å². The monoisotopic (exact) mass is 1200 g/mol. The Morgan fingerprint density at radius 3 is 1.80 bits per heavy atom.